The summed E-state index contributed by atoms with van der Waals surface area (Å²) in [6.45, 7) is 1.99. The Kier molecular flexibility index (Phi) is 6.42. The summed E-state index contributed by atoms with van der Waals surface area (Å²) in [5, 5.41) is 3.61. The number of morpholine rings is 1. The SMILES string of the molecule is Cl.O=C(C1CC2CCCCC2N1)N1CCOC(c2ccc(Br)cc2)C1. The minimum absolute atomic E-state index is 0. The number of amides is 1. The fourth-order valence-corrected chi connectivity index (χ4v) is 4.72. The number of carbonyl (C=O) groups excluding carboxylic acids is 1. The zero-order valence-corrected chi connectivity index (χ0v) is 16.7. The Hall–Kier alpha value is -0.620. The predicted octanol–water partition coefficient (Wildman–Crippen LogP) is 3.69. The van der Waals surface area contributed by atoms with Crippen molar-refractivity contribution in [3.63, 3.8) is 0 Å². The van der Waals surface area contributed by atoms with Gasteiger partial charge in [0.25, 0.3) is 0 Å². The molecule has 3 fully saturated rings. The molecule has 2 saturated heterocycles. The maximum atomic E-state index is 13.0. The highest BCUT2D eigenvalue weighted by Crippen LogP contribution is 2.34. The lowest BCUT2D eigenvalue weighted by molar-refractivity contribution is -0.141. The Morgan fingerprint density at radius 2 is 1.96 bits per heavy atom. The van der Waals surface area contributed by atoms with Crippen LogP contribution in [0.5, 0.6) is 0 Å². The molecule has 25 heavy (non-hydrogen) atoms. The summed E-state index contributed by atoms with van der Waals surface area (Å²) in [5.74, 6) is 0.978. The number of nitrogens with zero attached hydrogens (tertiary/aromatic N) is 1. The first-order valence-corrected chi connectivity index (χ1v) is 9.92. The van der Waals surface area contributed by atoms with Crippen molar-refractivity contribution in [3.05, 3.63) is 34.3 Å². The first kappa shape index (κ1) is 19.2. The summed E-state index contributed by atoms with van der Waals surface area (Å²) in [5.41, 5.74) is 1.14. The van der Waals surface area contributed by atoms with Crippen molar-refractivity contribution in [2.45, 2.75) is 50.3 Å². The van der Waals surface area contributed by atoms with E-state index in [0.29, 0.717) is 31.7 Å². The average Bonchev–Trinajstić information content (AvgIpc) is 3.06. The van der Waals surface area contributed by atoms with Crippen LogP contribution in [0.25, 0.3) is 0 Å². The molecule has 4 rings (SSSR count). The van der Waals surface area contributed by atoms with Crippen LogP contribution < -0.4 is 5.32 Å². The Balaban J connectivity index is 0.00000182. The molecule has 2 aliphatic heterocycles. The van der Waals surface area contributed by atoms with Gasteiger partial charge in [-0.1, -0.05) is 40.9 Å². The van der Waals surface area contributed by atoms with Crippen molar-refractivity contribution in [2.75, 3.05) is 19.7 Å². The van der Waals surface area contributed by atoms with Crippen LogP contribution in [0.2, 0.25) is 0 Å². The summed E-state index contributed by atoms with van der Waals surface area (Å²) in [6.07, 6.45) is 6.15. The topological polar surface area (TPSA) is 41.6 Å². The van der Waals surface area contributed by atoms with Crippen molar-refractivity contribution in [3.8, 4) is 0 Å². The molecule has 4 nitrogen and oxygen atoms in total. The number of hydrogen-bond acceptors (Lipinski definition) is 3. The molecule has 0 aromatic heterocycles. The summed E-state index contributed by atoms with van der Waals surface area (Å²) in [7, 11) is 0. The number of carbonyl (C=O) groups is 1. The Morgan fingerprint density at radius 1 is 1.20 bits per heavy atom. The van der Waals surface area contributed by atoms with E-state index in [-0.39, 0.29) is 30.5 Å². The standard InChI is InChI=1S/C19H25BrN2O2.ClH/c20-15-7-5-13(6-8-15)18-12-22(9-10-24-18)19(23)17-11-14-3-1-2-4-16(14)21-17;/h5-8,14,16-18,21H,1-4,9-12H2;1H. The molecule has 1 amide bonds. The van der Waals surface area contributed by atoms with E-state index in [4.69, 9.17) is 4.74 Å². The average molecular weight is 430 g/mol. The van der Waals surface area contributed by atoms with E-state index in [2.05, 4.69) is 33.4 Å². The lowest BCUT2D eigenvalue weighted by Gasteiger charge is -2.34. The van der Waals surface area contributed by atoms with Gasteiger partial charge in [0.15, 0.2) is 0 Å². The second-order valence-electron chi connectivity index (χ2n) is 7.30. The quantitative estimate of drug-likeness (QED) is 0.779. The van der Waals surface area contributed by atoms with Crippen molar-refractivity contribution in [1.82, 2.24) is 10.2 Å². The van der Waals surface area contributed by atoms with Crippen LogP contribution >= 0.6 is 28.3 Å². The van der Waals surface area contributed by atoms with Gasteiger partial charge in [0, 0.05) is 17.1 Å². The van der Waals surface area contributed by atoms with Gasteiger partial charge < -0.3 is 15.0 Å². The van der Waals surface area contributed by atoms with Crippen LogP contribution in [0.3, 0.4) is 0 Å². The largest absolute Gasteiger partial charge is 0.370 e. The van der Waals surface area contributed by atoms with E-state index < -0.39 is 0 Å². The molecule has 0 bridgehead atoms. The van der Waals surface area contributed by atoms with Crippen LogP contribution in [0, 0.1) is 5.92 Å². The monoisotopic (exact) mass is 428 g/mol. The summed E-state index contributed by atoms with van der Waals surface area (Å²) >= 11 is 3.47. The number of benzene rings is 1. The van der Waals surface area contributed by atoms with Gasteiger partial charge in [0.1, 0.15) is 6.10 Å². The zero-order valence-electron chi connectivity index (χ0n) is 14.3. The molecule has 138 valence electrons. The number of halogens is 2. The van der Waals surface area contributed by atoms with Gasteiger partial charge in [-0.15, -0.1) is 12.4 Å². The van der Waals surface area contributed by atoms with Gasteiger partial charge >= 0.3 is 0 Å². The van der Waals surface area contributed by atoms with E-state index in [9.17, 15) is 4.79 Å². The highest BCUT2D eigenvalue weighted by Gasteiger charge is 2.40. The van der Waals surface area contributed by atoms with Crippen LogP contribution in [0.15, 0.2) is 28.7 Å². The maximum Gasteiger partial charge on any atom is 0.239 e. The third-order valence-electron chi connectivity index (χ3n) is 5.78. The molecule has 1 saturated carbocycles. The lowest BCUT2D eigenvalue weighted by atomic mass is 9.85. The van der Waals surface area contributed by atoms with Crippen molar-refractivity contribution in [2.24, 2.45) is 5.92 Å². The number of nitrogens with one attached hydrogen (secondary N) is 1. The van der Waals surface area contributed by atoms with E-state index >= 15 is 0 Å². The zero-order chi connectivity index (χ0) is 16.5. The van der Waals surface area contributed by atoms with Gasteiger partial charge in [-0.05, 0) is 42.9 Å². The first-order chi connectivity index (χ1) is 11.7. The van der Waals surface area contributed by atoms with Crippen LogP contribution in [-0.4, -0.2) is 42.6 Å². The molecule has 1 aromatic rings. The van der Waals surface area contributed by atoms with Gasteiger partial charge in [0.05, 0.1) is 19.2 Å². The number of rotatable bonds is 2. The predicted molar refractivity (Wildman–Crippen MR) is 104 cm³/mol. The summed E-state index contributed by atoms with van der Waals surface area (Å²) in [6, 6.07) is 8.79. The molecular weight excluding hydrogens is 404 g/mol. The van der Waals surface area contributed by atoms with E-state index in [1.165, 1.54) is 25.7 Å². The van der Waals surface area contributed by atoms with Gasteiger partial charge in [-0.2, -0.15) is 0 Å². The smallest absolute Gasteiger partial charge is 0.239 e. The number of ether oxygens (including phenoxy) is 1. The van der Waals surface area contributed by atoms with Gasteiger partial charge in [-0.25, -0.2) is 0 Å². The molecule has 2 heterocycles. The van der Waals surface area contributed by atoms with Crippen molar-refractivity contribution in [1.29, 1.82) is 0 Å². The number of hydrogen-bond donors (Lipinski definition) is 1. The first-order valence-electron chi connectivity index (χ1n) is 9.12. The Morgan fingerprint density at radius 3 is 2.72 bits per heavy atom. The highest BCUT2D eigenvalue weighted by atomic mass is 79.9. The molecule has 6 heteroatoms. The summed E-state index contributed by atoms with van der Waals surface area (Å²) in [4.78, 5) is 15.0. The minimum atomic E-state index is -0.0144. The lowest BCUT2D eigenvalue weighted by Crippen LogP contribution is -2.50. The van der Waals surface area contributed by atoms with Crippen molar-refractivity contribution < 1.29 is 9.53 Å². The Bertz CT molecular complexity index is 584. The molecule has 1 aromatic carbocycles. The molecule has 4 unspecified atom stereocenters. The van der Waals surface area contributed by atoms with Crippen LogP contribution in [0.4, 0.5) is 0 Å². The Labute approximate surface area is 164 Å². The van der Waals surface area contributed by atoms with E-state index in [1.54, 1.807) is 0 Å². The molecule has 0 spiro atoms. The fraction of sp³-hybridized carbons (Fsp3) is 0.632. The highest BCUT2D eigenvalue weighted by molar-refractivity contribution is 9.10. The second kappa shape index (κ2) is 8.38. The van der Waals surface area contributed by atoms with Gasteiger partial charge in [-0.3, -0.25) is 4.79 Å². The third-order valence-corrected chi connectivity index (χ3v) is 6.31. The fourth-order valence-electron chi connectivity index (χ4n) is 4.46. The second-order valence-corrected chi connectivity index (χ2v) is 8.22. The van der Waals surface area contributed by atoms with Crippen LogP contribution in [0.1, 0.15) is 43.8 Å². The minimum Gasteiger partial charge on any atom is -0.370 e. The molecule has 3 aliphatic rings. The van der Waals surface area contributed by atoms with Gasteiger partial charge in [0.2, 0.25) is 5.91 Å². The van der Waals surface area contributed by atoms with Crippen LogP contribution in [-0.2, 0) is 9.53 Å². The normalized spacial score (nSPS) is 32.0. The van der Waals surface area contributed by atoms with Crippen molar-refractivity contribution >= 4 is 34.2 Å². The number of fused-ring (bicyclic) bond motifs is 1. The third kappa shape index (κ3) is 4.21. The molecule has 1 N–H and O–H groups in total. The summed E-state index contributed by atoms with van der Waals surface area (Å²) < 4.78 is 6.97. The molecule has 0 radical (unpaired) electrons. The molecule has 1 aliphatic carbocycles. The molecule has 4 atom stereocenters. The van der Waals surface area contributed by atoms with E-state index in [1.807, 2.05) is 17.0 Å². The maximum absolute atomic E-state index is 13.0. The van der Waals surface area contributed by atoms with E-state index in [0.717, 1.165) is 16.5 Å². The molecular formula is C19H26BrClN2O2.